The maximum Gasteiger partial charge on any atom is 0.338 e. The molecule has 0 aliphatic carbocycles. The highest BCUT2D eigenvalue weighted by molar-refractivity contribution is 9.09. The van der Waals surface area contributed by atoms with Crippen LogP contribution in [0.3, 0.4) is 0 Å². The molecule has 1 N–H and O–H groups in total. The molecule has 0 atom stereocenters. The third kappa shape index (κ3) is 3.66. The Balaban J connectivity index is 2.67. The minimum Gasteiger partial charge on any atom is -0.462 e. The van der Waals surface area contributed by atoms with E-state index in [2.05, 4.69) is 21.2 Å². The molecule has 86 valence electrons. The van der Waals surface area contributed by atoms with Gasteiger partial charge in [-0.15, -0.1) is 0 Å². The summed E-state index contributed by atoms with van der Waals surface area (Å²) in [6.07, 6.45) is 0. The Bertz CT molecular complexity index is 375. The standard InChI is InChI=1S/C11H12BrNO3/c1-2-16-11(15)8-3-5-9(6-4-8)13-10(14)7-12/h3-6H,2,7H2,1H3,(H,13,14). The zero-order valence-electron chi connectivity index (χ0n) is 8.83. The van der Waals surface area contributed by atoms with E-state index in [1.807, 2.05) is 0 Å². The molecular formula is C11H12BrNO3. The van der Waals surface area contributed by atoms with Crippen molar-refractivity contribution < 1.29 is 14.3 Å². The van der Waals surface area contributed by atoms with Gasteiger partial charge < -0.3 is 10.1 Å². The number of alkyl halides is 1. The highest BCUT2D eigenvalue weighted by atomic mass is 79.9. The molecular weight excluding hydrogens is 274 g/mol. The minimum absolute atomic E-state index is 0.135. The molecule has 0 bridgehead atoms. The fraction of sp³-hybridized carbons (Fsp3) is 0.273. The summed E-state index contributed by atoms with van der Waals surface area (Å²) in [5.41, 5.74) is 1.12. The molecule has 0 aliphatic rings. The summed E-state index contributed by atoms with van der Waals surface area (Å²) in [7, 11) is 0. The average molecular weight is 286 g/mol. The minimum atomic E-state index is -0.360. The molecule has 0 unspecified atom stereocenters. The molecule has 0 saturated carbocycles. The molecule has 1 rings (SSSR count). The first-order valence-corrected chi connectivity index (χ1v) is 5.92. The smallest absolute Gasteiger partial charge is 0.338 e. The lowest BCUT2D eigenvalue weighted by molar-refractivity contribution is -0.113. The third-order valence-electron chi connectivity index (χ3n) is 1.80. The summed E-state index contributed by atoms with van der Waals surface area (Å²) < 4.78 is 4.84. The first-order chi connectivity index (χ1) is 7.67. The zero-order valence-corrected chi connectivity index (χ0v) is 10.4. The van der Waals surface area contributed by atoms with E-state index in [1.165, 1.54) is 0 Å². The number of benzene rings is 1. The van der Waals surface area contributed by atoms with E-state index in [4.69, 9.17) is 4.74 Å². The molecule has 1 amide bonds. The van der Waals surface area contributed by atoms with Crippen LogP contribution in [0.15, 0.2) is 24.3 Å². The molecule has 1 aromatic rings. The van der Waals surface area contributed by atoms with E-state index in [0.29, 0.717) is 17.9 Å². The van der Waals surface area contributed by atoms with Gasteiger partial charge in [-0.1, -0.05) is 15.9 Å². The van der Waals surface area contributed by atoms with Crippen molar-refractivity contribution in [1.29, 1.82) is 0 Å². The fourth-order valence-electron chi connectivity index (χ4n) is 1.10. The number of anilines is 1. The lowest BCUT2D eigenvalue weighted by atomic mass is 10.2. The van der Waals surface area contributed by atoms with Gasteiger partial charge in [0.2, 0.25) is 5.91 Å². The highest BCUT2D eigenvalue weighted by Gasteiger charge is 2.06. The van der Waals surface area contributed by atoms with Crippen molar-refractivity contribution in [3.05, 3.63) is 29.8 Å². The molecule has 0 aromatic heterocycles. The molecule has 1 aromatic carbocycles. The van der Waals surface area contributed by atoms with Gasteiger partial charge >= 0.3 is 5.97 Å². The van der Waals surface area contributed by atoms with Gasteiger partial charge in [0.05, 0.1) is 17.5 Å². The van der Waals surface area contributed by atoms with E-state index in [9.17, 15) is 9.59 Å². The quantitative estimate of drug-likeness (QED) is 0.682. The van der Waals surface area contributed by atoms with E-state index < -0.39 is 0 Å². The second-order valence-electron chi connectivity index (χ2n) is 2.98. The topological polar surface area (TPSA) is 55.4 Å². The number of carbonyl (C=O) groups excluding carboxylic acids is 2. The Morgan fingerprint density at radius 3 is 2.44 bits per heavy atom. The van der Waals surface area contributed by atoms with Crippen LogP contribution in [0.4, 0.5) is 5.69 Å². The number of nitrogens with one attached hydrogen (secondary N) is 1. The zero-order chi connectivity index (χ0) is 12.0. The van der Waals surface area contributed by atoms with Gasteiger partial charge in [0, 0.05) is 5.69 Å². The molecule has 5 heteroatoms. The SMILES string of the molecule is CCOC(=O)c1ccc(NC(=O)CBr)cc1. The number of halogens is 1. The summed E-state index contributed by atoms with van der Waals surface area (Å²) >= 11 is 3.04. The van der Waals surface area contributed by atoms with Crippen LogP contribution in [0.25, 0.3) is 0 Å². The first-order valence-electron chi connectivity index (χ1n) is 4.80. The molecule has 4 nitrogen and oxygen atoms in total. The van der Waals surface area contributed by atoms with Crippen molar-refractivity contribution in [3.8, 4) is 0 Å². The normalized spacial score (nSPS) is 9.62. The van der Waals surface area contributed by atoms with E-state index in [0.717, 1.165) is 0 Å². The number of hydrogen-bond acceptors (Lipinski definition) is 3. The number of amides is 1. The van der Waals surface area contributed by atoms with Gasteiger partial charge in [-0.3, -0.25) is 4.79 Å². The predicted octanol–water partition coefficient (Wildman–Crippen LogP) is 2.20. The van der Waals surface area contributed by atoms with Crippen LogP contribution in [0, 0.1) is 0 Å². The Hall–Kier alpha value is -1.36. The first kappa shape index (κ1) is 12.7. The van der Waals surface area contributed by atoms with Crippen LogP contribution >= 0.6 is 15.9 Å². The van der Waals surface area contributed by atoms with Gasteiger partial charge in [-0.05, 0) is 31.2 Å². The summed E-state index contributed by atoms with van der Waals surface area (Å²) in [6.45, 7) is 2.10. The van der Waals surface area contributed by atoms with Crippen LogP contribution in [0.2, 0.25) is 0 Å². The van der Waals surface area contributed by atoms with Crippen molar-refractivity contribution >= 4 is 33.5 Å². The largest absolute Gasteiger partial charge is 0.462 e. The molecule has 0 radical (unpaired) electrons. The van der Waals surface area contributed by atoms with E-state index in [1.54, 1.807) is 31.2 Å². The van der Waals surface area contributed by atoms with Crippen LogP contribution in [0.5, 0.6) is 0 Å². The van der Waals surface area contributed by atoms with Gasteiger partial charge in [0.1, 0.15) is 0 Å². The van der Waals surface area contributed by atoms with Crippen molar-refractivity contribution in [3.63, 3.8) is 0 Å². The van der Waals surface area contributed by atoms with Gasteiger partial charge in [-0.2, -0.15) is 0 Å². The van der Waals surface area contributed by atoms with Crippen molar-refractivity contribution in [2.75, 3.05) is 17.3 Å². The molecule has 0 spiro atoms. The Morgan fingerprint density at radius 2 is 1.94 bits per heavy atom. The predicted molar refractivity (Wildman–Crippen MR) is 64.8 cm³/mol. The summed E-state index contributed by atoms with van der Waals surface area (Å²) in [6, 6.07) is 6.54. The summed E-state index contributed by atoms with van der Waals surface area (Å²) in [5, 5.41) is 2.89. The fourth-order valence-corrected chi connectivity index (χ4v) is 1.24. The molecule has 0 saturated heterocycles. The van der Waals surface area contributed by atoms with Crippen LogP contribution in [-0.2, 0) is 9.53 Å². The summed E-state index contributed by atoms with van der Waals surface area (Å²) in [5.74, 6) is -0.496. The number of carbonyl (C=O) groups is 2. The maximum absolute atomic E-state index is 11.3. The Labute approximate surface area is 102 Å². The molecule has 16 heavy (non-hydrogen) atoms. The van der Waals surface area contributed by atoms with Crippen LogP contribution in [0.1, 0.15) is 17.3 Å². The number of ether oxygens (including phenoxy) is 1. The second-order valence-corrected chi connectivity index (χ2v) is 3.54. The average Bonchev–Trinajstić information content (AvgIpc) is 2.30. The maximum atomic E-state index is 11.3. The molecule has 0 heterocycles. The highest BCUT2D eigenvalue weighted by Crippen LogP contribution is 2.10. The van der Waals surface area contributed by atoms with Crippen molar-refractivity contribution in [1.82, 2.24) is 0 Å². The van der Waals surface area contributed by atoms with Crippen LogP contribution < -0.4 is 5.32 Å². The molecule has 0 aliphatic heterocycles. The third-order valence-corrected chi connectivity index (χ3v) is 2.31. The van der Waals surface area contributed by atoms with E-state index in [-0.39, 0.29) is 17.2 Å². The van der Waals surface area contributed by atoms with Crippen LogP contribution in [-0.4, -0.2) is 23.8 Å². The van der Waals surface area contributed by atoms with Gasteiger partial charge in [-0.25, -0.2) is 4.79 Å². The van der Waals surface area contributed by atoms with Crippen molar-refractivity contribution in [2.45, 2.75) is 6.92 Å². The second kappa shape index (κ2) is 6.27. The monoisotopic (exact) mass is 285 g/mol. The Kier molecular flexibility index (Phi) is 4.98. The number of rotatable bonds is 4. The number of esters is 1. The lowest BCUT2D eigenvalue weighted by Crippen LogP contribution is -2.12. The van der Waals surface area contributed by atoms with Gasteiger partial charge in [0.15, 0.2) is 0 Å². The summed E-state index contributed by atoms with van der Waals surface area (Å²) in [4.78, 5) is 22.4. The van der Waals surface area contributed by atoms with E-state index >= 15 is 0 Å². The van der Waals surface area contributed by atoms with Gasteiger partial charge in [0.25, 0.3) is 0 Å². The van der Waals surface area contributed by atoms with Crippen molar-refractivity contribution in [2.24, 2.45) is 0 Å². The lowest BCUT2D eigenvalue weighted by Gasteiger charge is -2.04. The molecule has 0 fully saturated rings. The number of hydrogen-bond donors (Lipinski definition) is 1. The Morgan fingerprint density at radius 1 is 1.31 bits per heavy atom.